The highest BCUT2D eigenvalue weighted by Crippen LogP contribution is 2.51. The number of aliphatic hydroxyl groups is 1. The first-order valence-corrected chi connectivity index (χ1v) is 5.21. The van der Waals surface area contributed by atoms with Gasteiger partial charge in [-0.3, -0.25) is 0 Å². The fourth-order valence-corrected chi connectivity index (χ4v) is 1.99. The Bertz CT molecular complexity index is 428. The summed E-state index contributed by atoms with van der Waals surface area (Å²) in [6, 6.07) is 5.20. The number of hydrogen-bond donors (Lipinski definition) is 1. The summed E-state index contributed by atoms with van der Waals surface area (Å²) in [7, 11) is 0. The summed E-state index contributed by atoms with van der Waals surface area (Å²) in [4.78, 5) is 0. The van der Waals surface area contributed by atoms with Gasteiger partial charge >= 0.3 is 6.18 Å². The highest BCUT2D eigenvalue weighted by molar-refractivity contribution is 5.39. The third-order valence-electron chi connectivity index (χ3n) is 3.09. The monoisotopic (exact) mass is 246 g/mol. The molecule has 0 amide bonds. The Kier molecular flexibility index (Phi) is 2.52. The van der Waals surface area contributed by atoms with Gasteiger partial charge in [0, 0.05) is 5.56 Å². The van der Waals surface area contributed by atoms with Crippen LogP contribution in [-0.4, -0.2) is 17.3 Å². The van der Waals surface area contributed by atoms with Gasteiger partial charge in [-0.05, 0) is 19.9 Å². The van der Waals surface area contributed by atoms with Crippen LogP contribution in [0.15, 0.2) is 24.3 Å². The summed E-state index contributed by atoms with van der Waals surface area (Å²) in [6.07, 6.45) is -4.44. The number of epoxide rings is 1. The van der Waals surface area contributed by atoms with Crippen LogP contribution < -0.4 is 0 Å². The second-order valence-corrected chi connectivity index (χ2v) is 4.72. The van der Waals surface area contributed by atoms with Gasteiger partial charge in [0.1, 0.15) is 5.60 Å². The van der Waals surface area contributed by atoms with E-state index in [2.05, 4.69) is 0 Å². The van der Waals surface area contributed by atoms with Gasteiger partial charge in [-0.25, -0.2) is 0 Å². The van der Waals surface area contributed by atoms with Gasteiger partial charge in [0.25, 0.3) is 0 Å². The van der Waals surface area contributed by atoms with Crippen molar-refractivity contribution in [3.63, 3.8) is 0 Å². The van der Waals surface area contributed by atoms with E-state index in [4.69, 9.17) is 4.74 Å². The molecule has 0 bridgehead atoms. The number of hydrogen-bond acceptors (Lipinski definition) is 2. The van der Waals surface area contributed by atoms with E-state index in [0.29, 0.717) is 0 Å². The van der Waals surface area contributed by atoms with Gasteiger partial charge in [0.15, 0.2) is 0 Å². The zero-order valence-electron chi connectivity index (χ0n) is 9.51. The van der Waals surface area contributed by atoms with Crippen molar-refractivity contribution >= 4 is 0 Å². The quantitative estimate of drug-likeness (QED) is 0.814. The summed E-state index contributed by atoms with van der Waals surface area (Å²) in [5.41, 5.74) is -3.34. The highest BCUT2D eigenvalue weighted by Gasteiger charge is 2.60. The van der Waals surface area contributed by atoms with Gasteiger partial charge in [0.2, 0.25) is 0 Å². The van der Waals surface area contributed by atoms with E-state index in [9.17, 15) is 18.3 Å². The van der Waals surface area contributed by atoms with Crippen molar-refractivity contribution in [1.29, 1.82) is 0 Å². The minimum atomic E-state index is -4.44. The molecule has 1 N–H and O–H groups in total. The Labute approximate surface area is 97.0 Å². The van der Waals surface area contributed by atoms with Crippen LogP contribution in [0.5, 0.6) is 0 Å². The number of alkyl halides is 3. The molecule has 1 fully saturated rings. The van der Waals surface area contributed by atoms with Crippen LogP contribution >= 0.6 is 0 Å². The molecule has 1 aliphatic rings. The minimum absolute atomic E-state index is 0.000000000000000444. The summed E-state index contributed by atoms with van der Waals surface area (Å²) in [5.74, 6) is 0. The van der Waals surface area contributed by atoms with Crippen LogP contribution in [0.4, 0.5) is 13.2 Å². The Morgan fingerprint density at radius 1 is 1.24 bits per heavy atom. The third kappa shape index (κ3) is 1.93. The molecule has 94 valence electrons. The molecule has 0 aliphatic carbocycles. The first-order valence-electron chi connectivity index (χ1n) is 5.21. The lowest BCUT2D eigenvalue weighted by atomic mass is 9.82. The van der Waals surface area contributed by atoms with E-state index in [1.807, 2.05) is 0 Å². The van der Waals surface area contributed by atoms with Crippen molar-refractivity contribution in [1.82, 2.24) is 0 Å². The number of ether oxygens (including phenoxy) is 1. The van der Waals surface area contributed by atoms with E-state index < -0.39 is 22.9 Å². The lowest BCUT2D eigenvalue weighted by molar-refractivity contribution is -0.139. The highest BCUT2D eigenvalue weighted by atomic mass is 19.4. The van der Waals surface area contributed by atoms with Gasteiger partial charge in [-0.15, -0.1) is 0 Å². The zero-order chi connectivity index (χ0) is 12.9. The van der Waals surface area contributed by atoms with Crippen molar-refractivity contribution in [2.75, 3.05) is 6.61 Å². The van der Waals surface area contributed by atoms with Crippen molar-refractivity contribution < 1.29 is 23.0 Å². The fraction of sp³-hybridized carbons (Fsp3) is 0.500. The Hall–Kier alpha value is -1.07. The lowest BCUT2D eigenvalue weighted by Crippen LogP contribution is -2.38. The molecular weight excluding hydrogens is 233 g/mol. The van der Waals surface area contributed by atoms with E-state index >= 15 is 0 Å². The van der Waals surface area contributed by atoms with Crippen molar-refractivity contribution in [2.24, 2.45) is 0 Å². The lowest BCUT2D eigenvalue weighted by Gasteiger charge is -2.28. The zero-order valence-corrected chi connectivity index (χ0v) is 9.51. The average molecular weight is 246 g/mol. The summed E-state index contributed by atoms with van der Waals surface area (Å²) < 4.78 is 43.7. The molecule has 0 saturated carbocycles. The molecule has 2 rings (SSSR count). The van der Waals surface area contributed by atoms with Gasteiger partial charge < -0.3 is 9.84 Å². The third-order valence-corrected chi connectivity index (χ3v) is 3.09. The van der Waals surface area contributed by atoms with Crippen LogP contribution in [0.25, 0.3) is 0 Å². The maximum atomic E-state index is 12.9. The van der Waals surface area contributed by atoms with Crippen LogP contribution in [0.2, 0.25) is 0 Å². The molecule has 0 radical (unpaired) electrons. The fourth-order valence-electron chi connectivity index (χ4n) is 1.99. The minimum Gasteiger partial charge on any atom is -0.387 e. The Morgan fingerprint density at radius 3 is 2.18 bits per heavy atom. The molecular formula is C12H13F3O2. The first-order chi connectivity index (χ1) is 7.68. The van der Waals surface area contributed by atoms with Gasteiger partial charge in [0.05, 0.1) is 17.8 Å². The normalized spacial score (nSPS) is 24.8. The summed E-state index contributed by atoms with van der Waals surface area (Å²) in [5, 5.41) is 9.96. The summed E-state index contributed by atoms with van der Waals surface area (Å²) in [6.45, 7) is 3.00. The van der Waals surface area contributed by atoms with E-state index in [0.717, 1.165) is 6.07 Å². The topological polar surface area (TPSA) is 32.8 Å². The summed E-state index contributed by atoms with van der Waals surface area (Å²) >= 11 is 0. The Balaban J connectivity index is 2.55. The smallest absolute Gasteiger partial charge is 0.387 e. The molecule has 0 aromatic heterocycles. The van der Waals surface area contributed by atoms with Crippen molar-refractivity contribution in [3.05, 3.63) is 35.4 Å². The molecule has 1 aromatic rings. The molecule has 1 heterocycles. The molecule has 17 heavy (non-hydrogen) atoms. The maximum absolute atomic E-state index is 12.9. The Morgan fingerprint density at radius 2 is 1.76 bits per heavy atom. The standard InChI is InChI=1S/C12H13F3O2/c1-10(2,16)11(7-17-11)8-5-3-4-6-9(8)12(13,14)15/h3-6,16H,7H2,1-2H3. The van der Waals surface area contributed by atoms with Crippen LogP contribution in [-0.2, 0) is 16.5 Å². The average Bonchev–Trinajstić information content (AvgIpc) is 2.95. The molecule has 5 heteroatoms. The number of rotatable bonds is 2. The largest absolute Gasteiger partial charge is 0.416 e. The first kappa shape index (κ1) is 12.4. The molecule has 1 saturated heterocycles. The molecule has 1 unspecified atom stereocenters. The van der Waals surface area contributed by atoms with E-state index in [1.165, 1.54) is 32.0 Å². The maximum Gasteiger partial charge on any atom is 0.416 e. The number of benzene rings is 1. The predicted octanol–water partition coefficient (Wildman–Crippen LogP) is 2.70. The van der Waals surface area contributed by atoms with Crippen molar-refractivity contribution in [3.8, 4) is 0 Å². The molecule has 1 atom stereocenters. The van der Waals surface area contributed by atoms with Gasteiger partial charge in [-0.2, -0.15) is 13.2 Å². The van der Waals surface area contributed by atoms with E-state index in [1.54, 1.807) is 0 Å². The van der Waals surface area contributed by atoms with Gasteiger partial charge in [-0.1, -0.05) is 18.2 Å². The van der Waals surface area contributed by atoms with Crippen LogP contribution in [0, 0.1) is 0 Å². The predicted molar refractivity (Wildman–Crippen MR) is 55.4 cm³/mol. The SMILES string of the molecule is CC(C)(O)C1(c2ccccc2C(F)(F)F)CO1. The second-order valence-electron chi connectivity index (χ2n) is 4.72. The van der Waals surface area contributed by atoms with Crippen molar-refractivity contribution in [2.45, 2.75) is 31.2 Å². The molecule has 1 aromatic carbocycles. The van der Waals surface area contributed by atoms with E-state index in [-0.39, 0.29) is 12.2 Å². The second kappa shape index (κ2) is 3.46. The molecule has 0 spiro atoms. The van der Waals surface area contributed by atoms with Crippen LogP contribution in [0.1, 0.15) is 25.0 Å². The van der Waals surface area contributed by atoms with Crippen LogP contribution in [0.3, 0.4) is 0 Å². The molecule has 1 aliphatic heterocycles. The number of halogens is 3. The molecule has 2 nitrogen and oxygen atoms in total.